The molecule has 6 heteroatoms. The lowest BCUT2D eigenvalue weighted by Gasteiger charge is -2.20. The molecule has 2 amide bonds. The zero-order valence-electron chi connectivity index (χ0n) is 13.7. The number of aryl methyl sites for hydroxylation is 1. The van der Waals surface area contributed by atoms with E-state index in [4.69, 9.17) is 5.11 Å². The third-order valence-corrected chi connectivity index (χ3v) is 4.27. The van der Waals surface area contributed by atoms with E-state index < -0.39 is 5.97 Å². The van der Waals surface area contributed by atoms with Crippen molar-refractivity contribution in [2.24, 2.45) is 0 Å². The van der Waals surface area contributed by atoms with Crippen molar-refractivity contribution < 1.29 is 19.5 Å². The van der Waals surface area contributed by atoms with Gasteiger partial charge in [-0.2, -0.15) is 0 Å². The molecule has 0 saturated carbocycles. The van der Waals surface area contributed by atoms with E-state index in [1.807, 2.05) is 25.1 Å². The first-order valence-electron chi connectivity index (χ1n) is 8.01. The molecule has 0 saturated heterocycles. The van der Waals surface area contributed by atoms with Gasteiger partial charge in [0.1, 0.15) is 0 Å². The first-order valence-corrected chi connectivity index (χ1v) is 8.01. The molecule has 3 N–H and O–H groups in total. The van der Waals surface area contributed by atoms with Crippen molar-refractivity contribution in [1.82, 2.24) is 5.32 Å². The quantitative estimate of drug-likeness (QED) is 0.799. The SMILES string of the molecule is CC(NC(=O)c1ccc(C(=O)O)cc1)c1ccc2c(c1)CCC(=O)N2. The van der Waals surface area contributed by atoms with Crippen LogP contribution in [0.15, 0.2) is 42.5 Å². The van der Waals surface area contributed by atoms with Crippen LogP contribution in [0.3, 0.4) is 0 Å². The molecule has 0 fully saturated rings. The van der Waals surface area contributed by atoms with Crippen molar-refractivity contribution in [3.63, 3.8) is 0 Å². The molecule has 0 aromatic heterocycles. The number of nitrogens with one attached hydrogen (secondary N) is 2. The molecular formula is C19H18N2O4. The summed E-state index contributed by atoms with van der Waals surface area (Å²) in [5, 5.41) is 14.6. The summed E-state index contributed by atoms with van der Waals surface area (Å²) < 4.78 is 0. The molecule has 0 aliphatic carbocycles. The molecule has 2 aromatic carbocycles. The van der Waals surface area contributed by atoms with E-state index in [1.165, 1.54) is 24.3 Å². The topological polar surface area (TPSA) is 95.5 Å². The Balaban J connectivity index is 1.71. The summed E-state index contributed by atoms with van der Waals surface area (Å²) in [6, 6.07) is 11.3. The second-order valence-corrected chi connectivity index (χ2v) is 6.04. The molecule has 6 nitrogen and oxygen atoms in total. The minimum Gasteiger partial charge on any atom is -0.478 e. The van der Waals surface area contributed by atoms with Crippen LogP contribution in [0.1, 0.15) is 51.2 Å². The van der Waals surface area contributed by atoms with Crippen molar-refractivity contribution in [3.05, 3.63) is 64.7 Å². The van der Waals surface area contributed by atoms with Gasteiger partial charge in [0, 0.05) is 17.7 Å². The van der Waals surface area contributed by atoms with Gasteiger partial charge in [-0.1, -0.05) is 12.1 Å². The Bertz CT molecular complexity index is 843. The van der Waals surface area contributed by atoms with Gasteiger partial charge in [0.25, 0.3) is 5.91 Å². The Hall–Kier alpha value is -3.15. The Labute approximate surface area is 144 Å². The summed E-state index contributed by atoms with van der Waals surface area (Å²) in [7, 11) is 0. The number of hydrogen-bond acceptors (Lipinski definition) is 3. The summed E-state index contributed by atoms with van der Waals surface area (Å²) in [4.78, 5) is 34.6. The highest BCUT2D eigenvalue weighted by Crippen LogP contribution is 2.26. The Morgan fingerprint density at radius 2 is 1.76 bits per heavy atom. The maximum atomic E-state index is 12.3. The minimum atomic E-state index is -1.03. The number of aromatic carboxylic acids is 1. The van der Waals surface area contributed by atoms with E-state index in [0.29, 0.717) is 18.4 Å². The van der Waals surface area contributed by atoms with Crippen molar-refractivity contribution in [2.75, 3.05) is 5.32 Å². The van der Waals surface area contributed by atoms with Crippen molar-refractivity contribution in [2.45, 2.75) is 25.8 Å². The van der Waals surface area contributed by atoms with Crippen LogP contribution < -0.4 is 10.6 Å². The highest BCUT2D eigenvalue weighted by atomic mass is 16.4. The highest BCUT2D eigenvalue weighted by Gasteiger charge is 2.17. The molecule has 2 aromatic rings. The number of carbonyl (C=O) groups excluding carboxylic acids is 2. The Kier molecular flexibility index (Phi) is 4.52. The van der Waals surface area contributed by atoms with Crippen molar-refractivity contribution in [3.8, 4) is 0 Å². The van der Waals surface area contributed by atoms with Crippen LogP contribution in [-0.4, -0.2) is 22.9 Å². The second-order valence-electron chi connectivity index (χ2n) is 6.04. The second kappa shape index (κ2) is 6.76. The number of anilines is 1. The molecule has 128 valence electrons. The van der Waals surface area contributed by atoms with Crippen molar-refractivity contribution in [1.29, 1.82) is 0 Å². The number of benzene rings is 2. The summed E-state index contributed by atoms with van der Waals surface area (Å²) in [6.45, 7) is 1.88. The Morgan fingerprint density at radius 3 is 2.44 bits per heavy atom. The van der Waals surface area contributed by atoms with Gasteiger partial charge in [-0.3, -0.25) is 9.59 Å². The molecule has 1 atom stereocenters. The number of carbonyl (C=O) groups is 3. The highest BCUT2D eigenvalue weighted by molar-refractivity contribution is 5.96. The molecule has 1 aliphatic heterocycles. The molecule has 1 aliphatic rings. The van der Waals surface area contributed by atoms with Gasteiger partial charge in [0.05, 0.1) is 11.6 Å². The zero-order chi connectivity index (χ0) is 18.0. The third-order valence-electron chi connectivity index (χ3n) is 4.27. The molecule has 1 heterocycles. The zero-order valence-corrected chi connectivity index (χ0v) is 13.7. The van der Waals surface area contributed by atoms with Gasteiger partial charge in [-0.05, 0) is 54.8 Å². The van der Waals surface area contributed by atoms with E-state index in [2.05, 4.69) is 10.6 Å². The summed E-state index contributed by atoms with van der Waals surface area (Å²) in [5.74, 6) is -1.27. The molecule has 0 spiro atoms. The number of hydrogen-bond donors (Lipinski definition) is 3. The summed E-state index contributed by atoms with van der Waals surface area (Å²) >= 11 is 0. The fraction of sp³-hybridized carbons (Fsp3) is 0.211. The standard InChI is InChI=1S/C19H18N2O4/c1-11(14-6-8-16-15(10-14)7-9-17(22)21-16)20-18(23)12-2-4-13(5-3-12)19(24)25/h2-6,8,10-11H,7,9H2,1H3,(H,20,23)(H,21,22)(H,24,25). The lowest BCUT2D eigenvalue weighted by molar-refractivity contribution is -0.116. The van der Waals surface area contributed by atoms with E-state index >= 15 is 0 Å². The summed E-state index contributed by atoms with van der Waals surface area (Å²) in [5.41, 5.74) is 3.38. The molecule has 0 radical (unpaired) electrons. The first kappa shape index (κ1) is 16.7. The normalized spacial score (nSPS) is 14.2. The molecule has 3 rings (SSSR count). The van der Waals surface area contributed by atoms with Crippen LogP contribution in [0, 0.1) is 0 Å². The van der Waals surface area contributed by atoms with Gasteiger partial charge in [0.2, 0.25) is 5.91 Å². The minimum absolute atomic E-state index is 0.0198. The predicted octanol–water partition coefficient (Wildman–Crippen LogP) is 2.76. The van der Waals surface area contributed by atoms with E-state index in [0.717, 1.165) is 16.8 Å². The largest absolute Gasteiger partial charge is 0.478 e. The van der Waals surface area contributed by atoms with Gasteiger partial charge >= 0.3 is 5.97 Å². The molecule has 25 heavy (non-hydrogen) atoms. The average molecular weight is 338 g/mol. The number of amides is 2. The lowest BCUT2D eigenvalue weighted by atomic mass is 9.97. The monoisotopic (exact) mass is 338 g/mol. The van der Waals surface area contributed by atoms with Gasteiger partial charge in [-0.25, -0.2) is 4.79 Å². The number of fused-ring (bicyclic) bond motifs is 1. The number of carboxylic acids is 1. The molecule has 1 unspecified atom stereocenters. The summed E-state index contributed by atoms with van der Waals surface area (Å²) in [6.07, 6.45) is 1.15. The maximum Gasteiger partial charge on any atom is 0.335 e. The van der Waals surface area contributed by atoms with Crippen LogP contribution in [0.4, 0.5) is 5.69 Å². The Morgan fingerprint density at radius 1 is 1.08 bits per heavy atom. The van der Waals surface area contributed by atoms with Crippen LogP contribution in [0.25, 0.3) is 0 Å². The fourth-order valence-corrected chi connectivity index (χ4v) is 2.80. The van der Waals surface area contributed by atoms with E-state index in [-0.39, 0.29) is 23.4 Å². The van der Waals surface area contributed by atoms with Crippen LogP contribution in [0.5, 0.6) is 0 Å². The van der Waals surface area contributed by atoms with Gasteiger partial charge < -0.3 is 15.7 Å². The predicted molar refractivity (Wildman–Crippen MR) is 92.7 cm³/mol. The van der Waals surface area contributed by atoms with Crippen LogP contribution in [-0.2, 0) is 11.2 Å². The van der Waals surface area contributed by atoms with Gasteiger partial charge in [0.15, 0.2) is 0 Å². The van der Waals surface area contributed by atoms with Crippen molar-refractivity contribution >= 4 is 23.5 Å². The van der Waals surface area contributed by atoms with Crippen LogP contribution >= 0.6 is 0 Å². The van der Waals surface area contributed by atoms with Gasteiger partial charge in [-0.15, -0.1) is 0 Å². The van der Waals surface area contributed by atoms with Crippen LogP contribution in [0.2, 0.25) is 0 Å². The smallest absolute Gasteiger partial charge is 0.335 e. The molecular weight excluding hydrogens is 320 g/mol. The third kappa shape index (κ3) is 3.68. The van der Waals surface area contributed by atoms with E-state index in [9.17, 15) is 14.4 Å². The van der Waals surface area contributed by atoms with E-state index in [1.54, 1.807) is 0 Å². The first-order chi connectivity index (χ1) is 11.9. The number of carboxylic acid groups (broad SMARTS) is 1. The fourth-order valence-electron chi connectivity index (χ4n) is 2.80. The molecule has 0 bridgehead atoms. The average Bonchev–Trinajstić information content (AvgIpc) is 2.61. The maximum absolute atomic E-state index is 12.3. The lowest BCUT2D eigenvalue weighted by Crippen LogP contribution is -2.27. The number of rotatable bonds is 4.